The van der Waals surface area contributed by atoms with Gasteiger partial charge in [0, 0.05) is 12.7 Å². The normalized spacial score (nSPS) is 9.83. The predicted molar refractivity (Wildman–Crippen MR) is 66.1 cm³/mol. The van der Waals surface area contributed by atoms with Crippen molar-refractivity contribution in [2.24, 2.45) is 0 Å². The van der Waals surface area contributed by atoms with Crippen molar-refractivity contribution in [2.45, 2.75) is 26.3 Å². The van der Waals surface area contributed by atoms with Crippen LogP contribution in [-0.4, -0.2) is 28.6 Å². The first kappa shape index (κ1) is 14.0. The van der Waals surface area contributed by atoms with Crippen LogP contribution in [0, 0.1) is 0 Å². The fourth-order valence-electron chi connectivity index (χ4n) is 1.36. The Morgan fingerprint density at radius 2 is 2.17 bits per heavy atom. The van der Waals surface area contributed by atoms with Gasteiger partial charge in [-0.3, -0.25) is 9.78 Å². The maximum atomic E-state index is 11.3. The van der Waals surface area contributed by atoms with Crippen molar-refractivity contribution in [3.05, 3.63) is 29.6 Å². The van der Waals surface area contributed by atoms with Crippen molar-refractivity contribution >= 4 is 12.0 Å². The van der Waals surface area contributed by atoms with Gasteiger partial charge >= 0.3 is 12.0 Å². The van der Waals surface area contributed by atoms with Gasteiger partial charge in [-0.05, 0) is 24.1 Å². The zero-order valence-electron chi connectivity index (χ0n) is 10.3. The van der Waals surface area contributed by atoms with E-state index in [1.54, 1.807) is 6.20 Å². The Morgan fingerprint density at radius 3 is 2.83 bits per heavy atom. The number of nitrogens with one attached hydrogen (secondary N) is 2. The van der Waals surface area contributed by atoms with Crippen molar-refractivity contribution in [3.8, 4) is 0 Å². The number of aromatic nitrogens is 1. The molecule has 0 saturated heterocycles. The Balaban J connectivity index is 2.31. The van der Waals surface area contributed by atoms with E-state index in [1.165, 1.54) is 0 Å². The number of carbonyl (C=O) groups excluding carboxylic acids is 1. The summed E-state index contributed by atoms with van der Waals surface area (Å²) >= 11 is 0. The maximum Gasteiger partial charge on any atom is 0.315 e. The number of hydrogen-bond acceptors (Lipinski definition) is 3. The van der Waals surface area contributed by atoms with E-state index in [0.717, 1.165) is 17.7 Å². The zero-order valence-corrected chi connectivity index (χ0v) is 10.3. The Morgan fingerprint density at radius 1 is 1.39 bits per heavy atom. The van der Waals surface area contributed by atoms with Gasteiger partial charge < -0.3 is 15.7 Å². The molecule has 1 heterocycles. The Hall–Kier alpha value is -2.11. The van der Waals surface area contributed by atoms with Gasteiger partial charge in [-0.1, -0.05) is 6.92 Å². The molecule has 0 saturated carbocycles. The summed E-state index contributed by atoms with van der Waals surface area (Å²) in [5, 5.41) is 13.5. The number of aliphatic carboxylic acids is 1. The first-order valence-corrected chi connectivity index (χ1v) is 5.79. The molecule has 3 N–H and O–H groups in total. The third kappa shape index (κ3) is 5.29. The average Bonchev–Trinajstić information content (AvgIpc) is 2.36. The quantitative estimate of drug-likeness (QED) is 0.701. The van der Waals surface area contributed by atoms with Gasteiger partial charge in [0.2, 0.25) is 0 Å². The smallest absolute Gasteiger partial charge is 0.315 e. The molecule has 1 aromatic rings. The number of pyridine rings is 1. The average molecular weight is 251 g/mol. The van der Waals surface area contributed by atoms with Gasteiger partial charge in [-0.15, -0.1) is 0 Å². The fourth-order valence-corrected chi connectivity index (χ4v) is 1.36. The number of carbonyl (C=O) groups is 2. The SMILES string of the molecule is CCc1ccnc(CNC(=O)NCCC(=O)O)c1. The van der Waals surface area contributed by atoms with Crippen molar-refractivity contribution in [2.75, 3.05) is 6.54 Å². The van der Waals surface area contributed by atoms with Crippen LogP contribution < -0.4 is 10.6 Å². The number of carboxylic acid groups (broad SMARTS) is 1. The van der Waals surface area contributed by atoms with E-state index in [4.69, 9.17) is 5.11 Å². The molecule has 0 spiro atoms. The highest BCUT2D eigenvalue weighted by Crippen LogP contribution is 2.01. The molecule has 0 aromatic carbocycles. The van der Waals surface area contributed by atoms with Gasteiger partial charge in [-0.2, -0.15) is 0 Å². The van der Waals surface area contributed by atoms with Crippen molar-refractivity contribution in [1.82, 2.24) is 15.6 Å². The highest BCUT2D eigenvalue weighted by Gasteiger charge is 2.02. The Bertz CT molecular complexity index is 421. The fraction of sp³-hybridized carbons (Fsp3) is 0.417. The van der Waals surface area contributed by atoms with Crippen molar-refractivity contribution < 1.29 is 14.7 Å². The lowest BCUT2D eigenvalue weighted by Gasteiger charge is -2.07. The minimum Gasteiger partial charge on any atom is -0.481 e. The van der Waals surface area contributed by atoms with Crippen LogP contribution in [0.5, 0.6) is 0 Å². The molecule has 1 rings (SSSR count). The summed E-state index contributed by atoms with van der Waals surface area (Å²) in [5.41, 5.74) is 1.94. The number of aryl methyl sites for hydroxylation is 1. The molecule has 6 nitrogen and oxygen atoms in total. The molecule has 0 aliphatic carbocycles. The van der Waals surface area contributed by atoms with Gasteiger partial charge in [0.05, 0.1) is 18.7 Å². The van der Waals surface area contributed by atoms with Crippen LogP contribution in [0.1, 0.15) is 24.6 Å². The Kier molecular flexibility index (Phi) is 5.63. The highest BCUT2D eigenvalue weighted by atomic mass is 16.4. The second kappa shape index (κ2) is 7.26. The first-order valence-electron chi connectivity index (χ1n) is 5.79. The minimum absolute atomic E-state index is 0.0863. The van der Waals surface area contributed by atoms with Crippen molar-refractivity contribution in [3.63, 3.8) is 0 Å². The molecule has 18 heavy (non-hydrogen) atoms. The molecule has 98 valence electrons. The molecule has 0 bridgehead atoms. The molecule has 0 aliphatic rings. The number of rotatable bonds is 6. The van der Waals surface area contributed by atoms with E-state index in [1.807, 2.05) is 19.1 Å². The summed E-state index contributed by atoms with van der Waals surface area (Å²) in [6.45, 7) is 2.49. The van der Waals surface area contributed by atoms with Gasteiger partial charge in [0.25, 0.3) is 0 Å². The lowest BCUT2D eigenvalue weighted by Crippen LogP contribution is -2.36. The molecule has 0 unspecified atom stereocenters. The zero-order chi connectivity index (χ0) is 13.4. The van der Waals surface area contributed by atoms with E-state index < -0.39 is 5.97 Å². The van der Waals surface area contributed by atoms with E-state index >= 15 is 0 Å². The standard InChI is InChI=1S/C12H17N3O3/c1-2-9-3-5-13-10(7-9)8-15-12(18)14-6-4-11(16)17/h3,5,7H,2,4,6,8H2,1H3,(H,16,17)(H2,14,15,18). The lowest BCUT2D eigenvalue weighted by atomic mass is 10.2. The summed E-state index contributed by atoms with van der Waals surface area (Å²) < 4.78 is 0. The molecular weight excluding hydrogens is 234 g/mol. The molecule has 6 heteroatoms. The van der Waals surface area contributed by atoms with Crippen LogP contribution in [0.25, 0.3) is 0 Å². The molecular formula is C12H17N3O3. The van der Waals surface area contributed by atoms with E-state index in [0.29, 0.717) is 6.54 Å². The second-order valence-corrected chi connectivity index (χ2v) is 3.76. The summed E-state index contributed by atoms with van der Waals surface area (Å²) in [5.74, 6) is -0.937. The number of urea groups is 1. The number of amides is 2. The largest absolute Gasteiger partial charge is 0.481 e. The number of nitrogens with zero attached hydrogens (tertiary/aromatic N) is 1. The maximum absolute atomic E-state index is 11.3. The summed E-state index contributed by atoms with van der Waals surface area (Å²) in [6.07, 6.45) is 2.54. The third-order valence-electron chi connectivity index (χ3n) is 2.34. The third-order valence-corrected chi connectivity index (χ3v) is 2.34. The summed E-state index contributed by atoms with van der Waals surface area (Å²) in [6, 6.07) is 3.47. The predicted octanol–water partition coefficient (Wildman–Crippen LogP) is 0.918. The summed E-state index contributed by atoms with van der Waals surface area (Å²) in [4.78, 5) is 25.7. The van der Waals surface area contributed by atoms with Gasteiger partial charge in [0.15, 0.2) is 0 Å². The van der Waals surface area contributed by atoms with Crippen LogP contribution in [0.15, 0.2) is 18.3 Å². The van der Waals surface area contributed by atoms with Crippen LogP contribution in [0.2, 0.25) is 0 Å². The topological polar surface area (TPSA) is 91.3 Å². The van der Waals surface area contributed by atoms with Crippen molar-refractivity contribution in [1.29, 1.82) is 0 Å². The molecule has 0 atom stereocenters. The van der Waals surface area contributed by atoms with Crippen LogP contribution in [0.4, 0.5) is 4.79 Å². The monoisotopic (exact) mass is 251 g/mol. The summed E-state index contributed by atoms with van der Waals surface area (Å²) in [7, 11) is 0. The van der Waals surface area contributed by atoms with Crippen LogP contribution >= 0.6 is 0 Å². The van der Waals surface area contributed by atoms with Crippen LogP contribution in [0.3, 0.4) is 0 Å². The van der Waals surface area contributed by atoms with Gasteiger partial charge in [-0.25, -0.2) is 4.79 Å². The Labute approximate surface area is 105 Å². The highest BCUT2D eigenvalue weighted by molar-refractivity contribution is 5.74. The van der Waals surface area contributed by atoms with Gasteiger partial charge in [0.1, 0.15) is 0 Å². The minimum atomic E-state index is -0.937. The van der Waals surface area contributed by atoms with E-state index in [2.05, 4.69) is 15.6 Å². The molecule has 0 fully saturated rings. The lowest BCUT2D eigenvalue weighted by molar-refractivity contribution is -0.136. The number of hydrogen-bond donors (Lipinski definition) is 3. The first-order chi connectivity index (χ1) is 8.61. The van der Waals surface area contributed by atoms with Crippen LogP contribution in [-0.2, 0) is 17.8 Å². The molecule has 1 aromatic heterocycles. The molecule has 0 aliphatic heterocycles. The molecule has 2 amide bonds. The van der Waals surface area contributed by atoms with E-state index in [9.17, 15) is 9.59 Å². The number of carboxylic acids is 1. The van der Waals surface area contributed by atoms with E-state index in [-0.39, 0.29) is 19.0 Å². The molecule has 0 radical (unpaired) electrons. The second-order valence-electron chi connectivity index (χ2n) is 3.76.